The zero-order valence-corrected chi connectivity index (χ0v) is 7.62. The lowest BCUT2D eigenvalue weighted by molar-refractivity contribution is 0.628. The second-order valence-corrected chi connectivity index (χ2v) is 3.82. The summed E-state index contributed by atoms with van der Waals surface area (Å²) in [6.07, 6.45) is 2.48. The zero-order chi connectivity index (χ0) is 8.72. The third-order valence-corrected chi connectivity index (χ3v) is 2.27. The summed E-state index contributed by atoms with van der Waals surface area (Å²) in [5, 5.41) is 4.46. The molecule has 1 aliphatic carbocycles. The van der Waals surface area contributed by atoms with Gasteiger partial charge in [-0.25, -0.2) is 4.68 Å². The molecular weight excluding hydrogens is 150 g/mol. The Kier molecular flexibility index (Phi) is 1.60. The molecule has 0 bridgehead atoms. The fourth-order valence-corrected chi connectivity index (χ4v) is 1.32. The number of aromatic nitrogens is 2. The molecule has 0 amide bonds. The Bertz CT molecular complexity index is 284. The van der Waals surface area contributed by atoms with E-state index in [4.69, 9.17) is 5.73 Å². The van der Waals surface area contributed by atoms with Crippen molar-refractivity contribution >= 4 is 5.82 Å². The van der Waals surface area contributed by atoms with Crippen molar-refractivity contribution in [2.24, 2.45) is 0 Å². The van der Waals surface area contributed by atoms with Crippen molar-refractivity contribution in [3.63, 3.8) is 0 Å². The number of anilines is 1. The summed E-state index contributed by atoms with van der Waals surface area (Å²) in [6.45, 7) is 4.28. The van der Waals surface area contributed by atoms with Gasteiger partial charge in [0.25, 0.3) is 0 Å². The van der Waals surface area contributed by atoms with Crippen LogP contribution in [-0.4, -0.2) is 9.78 Å². The molecule has 1 aliphatic rings. The van der Waals surface area contributed by atoms with Crippen molar-refractivity contribution in [3.8, 4) is 0 Å². The first-order valence-electron chi connectivity index (χ1n) is 4.53. The van der Waals surface area contributed by atoms with Gasteiger partial charge in [0.2, 0.25) is 0 Å². The van der Waals surface area contributed by atoms with Crippen molar-refractivity contribution in [1.29, 1.82) is 0 Å². The maximum Gasteiger partial charge on any atom is 0.122 e. The second-order valence-electron chi connectivity index (χ2n) is 3.82. The van der Waals surface area contributed by atoms with E-state index in [2.05, 4.69) is 18.9 Å². The Hall–Kier alpha value is -0.990. The molecule has 66 valence electrons. The SMILES string of the molecule is CC(C)c1cc(N)n(C2CC2)n1. The highest BCUT2D eigenvalue weighted by atomic mass is 15.3. The van der Waals surface area contributed by atoms with Crippen LogP contribution in [0, 0.1) is 0 Å². The van der Waals surface area contributed by atoms with E-state index in [-0.39, 0.29) is 0 Å². The number of nitrogen functional groups attached to an aromatic ring is 1. The first kappa shape index (κ1) is 7.65. The van der Waals surface area contributed by atoms with Gasteiger partial charge in [-0.05, 0) is 18.8 Å². The van der Waals surface area contributed by atoms with Crippen molar-refractivity contribution < 1.29 is 0 Å². The van der Waals surface area contributed by atoms with E-state index >= 15 is 0 Å². The van der Waals surface area contributed by atoms with Crippen LogP contribution in [0.4, 0.5) is 5.82 Å². The van der Waals surface area contributed by atoms with E-state index in [0.717, 1.165) is 11.5 Å². The summed E-state index contributed by atoms with van der Waals surface area (Å²) in [5.74, 6) is 1.30. The summed E-state index contributed by atoms with van der Waals surface area (Å²) in [5.41, 5.74) is 6.93. The van der Waals surface area contributed by atoms with Crippen LogP contribution >= 0.6 is 0 Å². The monoisotopic (exact) mass is 165 g/mol. The quantitative estimate of drug-likeness (QED) is 0.727. The average Bonchev–Trinajstić information content (AvgIpc) is 2.75. The lowest BCUT2D eigenvalue weighted by atomic mass is 10.1. The molecular formula is C9H15N3. The van der Waals surface area contributed by atoms with E-state index in [1.54, 1.807) is 0 Å². The van der Waals surface area contributed by atoms with Crippen molar-refractivity contribution in [2.45, 2.75) is 38.6 Å². The highest BCUT2D eigenvalue weighted by molar-refractivity contribution is 5.33. The van der Waals surface area contributed by atoms with E-state index in [1.165, 1.54) is 12.8 Å². The van der Waals surface area contributed by atoms with Crippen LogP contribution in [0.5, 0.6) is 0 Å². The zero-order valence-electron chi connectivity index (χ0n) is 7.62. The predicted octanol–water partition coefficient (Wildman–Crippen LogP) is 1.92. The molecule has 3 nitrogen and oxygen atoms in total. The molecule has 1 aromatic rings. The van der Waals surface area contributed by atoms with Gasteiger partial charge in [-0.1, -0.05) is 13.8 Å². The summed E-state index contributed by atoms with van der Waals surface area (Å²) in [4.78, 5) is 0. The van der Waals surface area contributed by atoms with Gasteiger partial charge in [0, 0.05) is 6.07 Å². The third kappa shape index (κ3) is 1.19. The van der Waals surface area contributed by atoms with Crippen LogP contribution in [0.3, 0.4) is 0 Å². The molecule has 0 spiro atoms. The van der Waals surface area contributed by atoms with Crippen LogP contribution in [0.25, 0.3) is 0 Å². The van der Waals surface area contributed by atoms with Gasteiger partial charge in [-0.2, -0.15) is 5.10 Å². The van der Waals surface area contributed by atoms with Gasteiger partial charge in [0.05, 0.1) is 11.7 Å². The summed E-state index contributed by atoms with van der Waals surface area (Å²) in [7, 11) is 0. The van der Waals surface area contributed by atoms with Gasteiger partial charge >= 0.3 is 0 Å². The van der Waals surface area contributed by atoms with Crippen LogP contribution in [0.2, 0.25) is 0 Å². The maximum atomic E-state index is 5.82. The lowest BCUT2D eigenvalue weighted by Gasteiger charge is -1.99. The first-order valence-corrected chi connectivity index (χ1v) is 4.53. The second kappa shape index (κ2) is 2.51. The molecule has 3 heteroatoms. The minimum Gasteiger partial charge on any atom is -0.384 e. The van der Waals surface area contributed by atoms with E-state index in [1.807, 2.05) is 10.7 Å². The molecule has 0 radical (unpaired) electrons. The molecule has 1 heterocycles. The standard InChI is InChI=1S/C9H15N3/c1-6(2)8-5-9(10)12(11-8)7-3-4-7/h5-7H,3-4,10H2,1-2H3. The van der Waals surface area contributed by atoms with Crippen molar-refractivity contribution in [3.05, 3.63) is 11.8 Å². The highest BCUT2D eigenvalue weighted by Gasteiger charge is 2.26. The van der Waals surface area contributed by atoms with E-state index in [9.17, 15) is 0 Å². The van der Waals surface area contributed by atoms with Crippen LogP contribution in [-0.2, 0) is 0 Å². The number of rotatable bonds is 2. The molecule has 0 saturated heterocycles. The molecule has 0 aliphatic heterocycles. The van der Waals surface area contributed by atoms with Crippen LogP contribution in [0.15, 0.2) is 6.07 Å². The third-order valence-electron chi connectivity index (χ3n) is 2.27. The van der Waals surface area contributed by atoms with Gasteiger partial charge in [-0.15, -0.1) is 0 Å². The van der Waals surface area contributed by atoms with Gasteiger partial charge in [0.1, 0.15) is 5.82 Å². The topological polar surface area (TPSA) is 43.8 Å². The Balaban J connectivity index is 2.30. The fraction of sp³-hybridized carbons (Fsp3) is 0.667. The minimum absolute atomic E-state index is 0.479. The molecule has 2 rings (SSSR count). The summed E-state index contributed by atoms with van der Waals surface area (Å²) >= 11 is 0. The van der Waals surface area contributed by atoms with Crippen molar-refractivity contribution in [2.75, 3.05) is 5.73 Å². The lowest BCUT2D eigenvalue weighted by Crippen LogP contribution is -2.02. The number of nitrogens with two attached hydrogens (primary N) is 1. The molecule has 1 fully saturated rings. The number of nitrogens with zero attached hydrogens (tertiary/aromatic N) is 2. The van der Waals surface area contributed by atoms with Gasteiger partial charge in [-0.3, -0.25) is 0 Å². The Morgan fingerprint density at radius 3 is 2.67 bits per heavy atom. The summed E-state index contributed by atoms with van der Waals surface area (Å²) < 4.78 is 1.97. The normalized spacial score (nSPS) is 17.2. The maximum absolute atomic E-state index is 5.82. The van der Waals surface area contributed by atoms with Gasteiger partial charge in [0.15, 0.2) is 0 Å². The number of hydrogen-bond acceptors (Lipinski definition) is 2. The number of hydrogen-bond donors (Lipinski definition) is 1. The van der Waals surface area contributed by atoms with Crippen molar-refractivity contribution in [1.82, 2.24) is 9.78 Å². The predicted molar refractivity (Wildman–Crippen MR) is 49.0 cm³/mol. The molecule has 0 atom stereocenters. The van der Waals surface area contributed by atoms with Gasteiger partial charge < -0.3 is 5.73 Å². The van der Waals surface area contributed by atoms with E-state index < -0.39 is 0 Å². The molecule has 2 N–H and O–H groups in total. The molecule has 1 saturated carbocycles. The molecule has 0 unspecified atom stereocenters. The molecule has 1 aromatic heterocycles. The Morgan fingerprint density at radius 2 is 2.25 bits per heavy atom. The average molecular weight is 165 g/mol. The van der Waals surface area contributed by atoms with Crippen LogP contribution < -0.4 is 5.73 Å². The fourth-order valence-electron chi connectivity index (χ4n) is 1.32. The minimum atomic E-state index is 0.479. The summed E-state index contributed by atoms with van der Waals surface area (Å²) in [6, 6.07) is 2.58. The molecule has 12 heavy (non-hydrogen) atoms. The van der Waals surface area contributed by atoms with Crippen LogP contribution in [0.1, 0.15) is 44.3 Å². The Labute approximate surface area is 72.6 Å². The van der Waals surface area contributed by atoms with E-state index in [0.29, 0.717) is 12.0 Å². The Morgan fingerprint density at radius 1 is 1.58 bits per heavy atom. The largest absolute Gasteiger partial charge is 0.384 e. The smallest absolute Gasteiger partial charge is 0.122 e. The first-order chi connectivity index (χ1) is 5.68. The molecule has 0 aromatic carbocycles. The highest BCUT2D eigenvalue weighted by Crippen LogP contribution is 2.36.